The van der Waals surface area contributed by atoms with Crippen molar-refractivity contribution in [3.63, 3.8) is 0 Å². The van der Waals surface area contributed by atoms with Crippen LogP contribution in [0.2, 0.25) is 0 Å². The van der Waals surface area contributed by atoms with E-state index in [9.17, 15) is 9.59 Å². The molecular weight excluding hydrogens is 386 g/mol. The third-order valence-electron chi connectivity index (χ3n) is 5.63. The van der Waals surface area contributed by atoms with Crippen molar-refractivity contribution >= 4 is 23.2 Å². The van der Waals surface area contributed by atoms with E-state index in [0.29, 0.717) is 5.69 Å². The number of nitrogens with zero attached hydrogens (tertiary/aromatic N) is 1. The topological polar surface area (TPSA) is 61.4 Å². The molecule has 3 aromatic rings. The minimum Gasteiger partial charge on any atom is -0.324 e. The van der Waals surface area contributed by atoms with Crippen molar-refractivity contribution < 1.29 is 9.59 Å². The van der Waals surface area contributed by atoms with Crippen LogP contribution in [0.1, 0.15) is 36.1 Å². The summed E-state index contributed by atoms with van der Waals surface area (Å²) in [5, 5.41) is 6.36. The summed E-state index contributed by atoms with van der Waals surface area (Å²) in [7, 11) is 0. The minimum absolute atomic E-state index is 0.0653. The van der Waals surface area contributed by atoms with E-state index in [-0.39, 0.29) is 36.9 Å². The monoisotopic (exact) mass is 413 g/mol. The average molecular weight is 414 g/mol. The summed E-state index contributed by atoms with van der Waals surface area (Å²) < 4.78 is 0. The summed E-state index contributed by atoms with van der Waals surface area (Å²) >= 11 is 0. The van der Waals surface area contributed by atoms with Crippen LogP contribution in [0.15, 0.2) is 78.9 Å². The van der Waals surface area contributed by atoms with Crippen LogP contribution < -0.4 is 15.5 Å². The predicted octanol–water partition coefficient (Wildman–Crippen LogP) is 4.44. The van der Waals surface area contributed by atoms with Crippen LogP contribution in [0.25, 0.3) is 0 Å². The fourth-order valence-corrected chi connectivity index (χ4v) is 4.07. The zero-order valence-electron chi connectivity index (χ0n) is 17.8. The molecule has 1 aliphatic heterocycles. The molecule has 0 radical (unpaired) electrons. The number of carbonyl (C=O) groups is 2. The van der Waals surface area contributed by atoms with Crippen molar-refractivity contribution in [3.05, 3.63) is 95.6 Å². The molecule has 0 aromatic heterocycles. The molecule has 31 heavy (non-hydrogen) atoms. The van der Waals surface area contributed by atoms with E-state index in [4.69, 9.17) is 0 Å². The fraction of sp³-hybridized carbons (Fsp3) is 0.231. The number of carbonyl (C=O) groups excluding carboxylic acids is 2. The highest BCUT2D eigenvalue weighted by Gasteiger charge is 2.29. The third kappa shape index (κ3) is 4.67. The number of rotatable bonds is 5. The van der Waals surface area contributed by atoms with Gasteiger partial charge < -0.3 is 10.2 Å². The lowest BCUT2D eigenvalue weighted by Crippen LogP contribution is -2.44. The third-order valence-corrected chi connectivity index (χ3v) is 5.63. The number of nitrogens with one attached hydrogen (secondary N) is 2. The van der Waals surface area contributed by atoms with Crippen LogP contribution in [0.3, 0.4) is 0 Å². The summed E-state index contributed by atoms with van der Waals surface area (Å²) in [5.41, 5.74) is 4.80. The Labute approximate surface area is 183 Å². The Morgan fingerprint density at radius 1 is 1.00 bits per heavy atom. The second-order valence-electron chi connectivity index (χ2n) is 8.02. The maximum atomic E-state index is 13.4. The Bertz CT molecular complexity index is 1060. The molecule has 2 amide bonds. The average Bonchev–Trinajstić information content (AvgIpc) is 2.90. The molecule has 0 saturated carbocycles. The largest absolute Gasteiger partial charge is 0.324 e. The van der Waals surface area contributed by atoms with Crippen LogP contribution in [-0.2, 0) is 9.59 Å². The maximum absolute atomic E-state index is 13.4. The van der Waals surface area contributed by atoms with Gasteiger partial charge in [0, 0.05) is 12.5 Å². The van der Waals surface area contributed by atoms with Gasteiger partial charge in [0.15, 0.2) is 0 Å². The minimum atomic E-state index is -0.229. The Balaban J connectivity index is 1.59. The first kappa shape index (κ1) is 20.8. The highest BCUT2D eigenvalue weighted by atomic mass is 16.2. The molecule has 0 saturated heterocycles. The highest BCUT2D eigenvalue weighted by molar-refractivity contribution is 6.04. The summed E-state index contributed by atoms with van der Waals surface area (Å²) in [6, 6.07) is 25.6. The molecule has 158 valence electrons. The van der Waals surface area contributed by atoms with Gasteiger partial charge in [0.05, 0.1) is 24.0 Å². The van der Waals surface area contributed by atoms with E-state index in [2.05, 4.69) is 54.0 Å². The van der Waals surface area contributed by atoms with Crippen molar-refractivity contribution in [3.8, 4) is 0 Å². The zero-order chi connectivity index (χ0) is 21.8. The Morgan fingerprint density at radius 2 is 1.65 bits per heavy atom. The van der Waals surface area contributed by atoms with Crippen molar-refractivity contribution in [2.45, 2.75) is 32.4 Å². The SMILES string of the molecule is Cc1ccc([C@@H](NCC(=O)N2c3ccccc3NC(=O)C[C@H]2C)c2ccccc2)cc1. The van der Waals surface area contributed by atoms with Gasteiger partial charge in [-0.1, -0.05) is 72.3 Å². The quantitative estimate of drug-likeness (QED) is 0.650. The van der Waals surface area contributed by atoms with E-state index in [1.807, 2.05) is 49.4 Å². The van der Waals surface area contributed by atoms with E-state index in [1.54, 1.807) is 4.90 Å². The first-order valence-electron chi connectivity index (χ1n) is 10.6. The molecule has 0 aliphatic carbocycles. The molecule has 0 bridgehead atoms. The van der Waals surface area contributed by atoms with Crippen LogP contribution in [0, 0.1) is 6.92 Å². The van der Waals surface area contributed by atoms with Crippen LogP contribution in [-0.4, -0.2) is 24.4 Å². The normalized spacial score (nSPS) is 16.8. The number of anilines is 2. The molecule has 0 fully saturated rings. The van der Waals surface area contributed by atoms with Crippen molar-refractivity contribution in [1.29, 1.82) is 0 Å². The second-order valence-corrected chi connectivity index (χ2v) is 8.02. The first-order valence-corrected chi connectivity index (χ1v) is 10.6. The smallest absolute Gasteiger partial charge is 0.241 e. The summed E-state index contributed by atoms with van der Waals surface area (Å²) in [6.45, 7) is 4.13. The van der Waals surface area contributed by atoms with Gasteiger partial charge in [-0.2, -0.15) is 0 Å². The molecular formula is C26H27N3O2. The highest BCUT2D eigenvalue weighted by Crippen LogP contribution is 2.31. The van der Waals surface area contributed by atoms with E-state index < -0.39 is 0 Å². The predicted molar refractivity (Wildman–Crippen MR) is 124 cm³/mol. The number of fused-ring (bicyclic) bond motifs is 1. The lowest BCUT2D eigenvalue weighted by molar-refractivity contribution is -0.118. The van der Waals surface area contributed by atoms with Gasteiger partial charge in [-0.25, -0.2) is 0 Å². The lowest BCUT2D eigenvalue weighted by atomic mass is 9.98. The van der Waals surface area contributed by atoms with Gasteiger partial charge in [-0.05, 0) is 37.1 Å². The molecule has 5 nitrogen and oxygen atoms in total. The van der Waals surface area contributed by atoms with Gasteiger partial charge in [0.1, 0.15) is 0 Å². The van der Waals surface area contributed by atoms with Crippen LogP contribution in [0.4, 0.5) is 11.4 Å². The number of amides is 2. The van der Waals surface area contributed by atoms with E-state index >= 15 is 0 Å². The molecule has 1 heterocycles. The first-order chi connectivity index (χ1) is 15.0. The number of benzene rings is 3. The molecule has 0 spiro atoms. The van der Waals surface area contributed by atoms with E-state index in [1.165, 1.54) is 5.56 Å². The Hall–Kier alpha value is -3.44. The van der Waals surface area contributed by atoms with Gasteiger partial charge in [-0.3, -0.25) is 14.9 Å². The van der Waals surface area contributed by atoms with Gasteiger partial charge >= 0.3 is 0 Å². The molecule has 0 unspecified atom stereocenters. The second kappa shape index (κ2) is 9.14. The lowest BCUT2D eigenvalue weighted by Gasteiger charge is -2.29. The molecule has 5 heteroatoms. The Kier molecular flexibility index (Phi) is 6.14. The molecule has 3 aromatic carbocycles. The number of para-hydroxylation sites is 2. The number of hydrogen-bond acceptors (Lipinski definition) is 3. The van der Waals surface area contributed by atoms with Gasteiger partial charge in [0.2, 0.25) is 11.8 Å². The summed E-state index contributed by atoms with van der Waals surface area (Å²) in [6.07, 6.45) is 0.264. The van der Waals surface area contributed by atoms with Gasteiger partial charge in [-0.15, -0.1) is 0 Å². The van der Waals surface area contributed by atoms with Gasteiger partial charge in [0.25, 0.3) is 0 Å². The summed E-state index contributed by atoms with van der Waals surface area (Å²) in [5.74, 6) is -0.144. The van der Waals surface area contributed by atoms with Crippen molar-refractivity contribution in [2.75, 3.05) is 16.8 Å². The van der Waals surface area contributed by atoms with Crippen LogP contribution in [0.5, 0.6) is 0 Å². The molecule has 2 atom stereocenters. The number of hydrogen-bond donors (Lipinski definition) is 2. The standard InChI is InChI=1S/C26H27N3O2/c1-18-12-14-21(15-13-18)26(20-8-4-3-5-9-20)27-17-25(31)29-19(2)16-24(30)28-22-10-6-7-11-23(22)29/h3-15,19,26-27H,16-17H2,1-2H3,(H,28,30)/t19-,26+/m1/s1. The summed E-state index contributed by atoms with van der Waals surface area (Å²) in [4.78, 5) is 27.3. The zero-order valence-corrected chi connectivity index (χ0v) is 17.8. The molecule has 2 N–H and O–H groups in total. The van der Waals surface area contributed by atoms with E-state index in [0.717, 1.165) is 16.8 Å². The number of aryl methyl sites for hydroxylation is 1. The van der Waals surface area contributed by atoms with Crippen molar-refractivity contribution in [2.24, 2.45) is 0 Å². The van der Waals surface area contributed by atoms with Crippen LogP contribution >= 0.6 is 0 Å². The molecule has 4 rings (SSSR count). The maximum Gasteiger partial charge on any atom is 0.241 e. The molecule has 1 aliphatic rings. The fourth-order valence-electron chi connectivity index (χ4n) is 4.07. The van der Waals surface area contributed by atoms with Crippen molar-refractivity contribution in [1.82, 2.24) is 5.32 Å². The Morgan fingerprint density at radius 3 is 2.39 bits per heavy atom.